The molecule has 0 aliphatic carbocycles. The van der Waals surface area contributed by atoms with Crippen LogP contribution in [0.1, 0.15) is 6.92 Å². The molecular weight excluding hydrogens is 244 g/mol. The van der Waals surface area contributed by atoms with E-state index < -0.39 is 6.03 Å². The molecule has 1 N–H and O–H groups in total. The van der Waals surface area contributed by atoms with E-state index in [0.717, 1.165) is 4.90 Å². The van der Waals surface area contributed by atoms with Gasteiger partial charge in [0.25, 0.3) is 5.91 Å². The largest absolute Gasteiger partial charge is 0.506 e. The number of amides is 3. The van der Waals surface area contributed by atoms with Crippen molar-refractivity contribution in [2.75, 3.05) is 18.0 Å². The summed E-state index contributed by atoms with van der Waals surface area (Å²) in [6.45, 7) is 1.97. The van der Waals surface area contributed by atoms with Gasteiger partial charge in [0.05, 0.1) is 5.69 Å². The van der Waals surface area contributed by atoms with Crippen LogP contribution in [-0.4, -0.2) is 35.0 Å². The Morgan fingerprint density at radius 2 is 2.12 bits per heavy atom. The summed E-state index contributed by atoms with van der Waals surface area (Å²) in [5.74, 6) is -0.356. The fraction of sp³-hybridized carbons (Fsp3) is 0.273. The summed E-state index contributed by atoms with van der Waals surface area (Å²) >= 11 is 5.80. The number of anilines is 1. The third-order valence-electron chi connectivity index (χ3n) is 2.60. The molecule has 5 nitrogen and oxygen atoms in total. The van der Waals surface area contributed by atoms with Gasteiger partial charge in [0.2, 0.25) is 0 Å². The van der Waals surface area contributed by atoms with Gasteiger partial charge in [-0.25, -0.2) is 4.79 Å². The minimum Gasteiger partial charge on any atom is -0.506 e. The van der Waals surface area contributed by atoms with E-state index in [1.807, 2.05) is 0 Å². The highest BCUT2D eigenvalue weighted by molar-refractivity contribution is 6.31. The molecule has 0 atom stereocenters. The van der Waals surface area contributed by atoms with Crippen LogP contribution in [0, 0.1) is 0 Å². The van der Waals surface area contributed by atoms with Gasteiger partial charge in [0, 0.05) is 11.6 Å². The second kappa shape index (κ2) is 4.25. The lowest BCUT2D eigenvalue weighted by Crippen LogP contribution is -2.32. The Morgan fingerprint density at radius 1 is 1.41 bits per heavy atom. The predicted octanol–water partition coefficient (Wildman–Crippen LogP) is 1.83. The molecule has 1 aromatic carbocycles. The number of urea groups is 1. The normalized spacial score (nSPS) is 15.9. The zero-order valence-electron chi connectivity index (χ0n) is 9.18. The highest BCUT2D eigenvalue weighted by Crippen LogP contribution is 2.32. The number of rotatable bonds is 2. The zero-order valence-corrected chi connectivity index (χ0v) is 9.94. The van der Waals surface area contributed by atoms with Crippen molar-refractivity contribution in [1.82, 2.24) is 4.90 Å². The SMILES string of the molecule is CCN1C(=O)CN(c2cc(Cl)ccc2O)C1=O. The molecule has 1 aromatic rings. The van der Waals surface area contributed by atoms with Gasteiger partial charge in [-0.15, -0.1) is 0 Å². The molecule has 1 heterocycles. The second-order valence-electron chi connectivity index (χ2n) is 3.64. The highest BCUT2D eigenvalue weighted by Gasteiger charge is 2.36. The van der Waals surface area contributed by atoms with Gasteiger partial charge in [0.1, 0.15) is 12.3 Å². The Balaban J connectivity index is 2.39. The summed E-state index contributed by atoms with van der Waals surface area (Å²) < 4.78 is 0. The molecule has 0 spiro atoms. The summed E-state index contributed by atoms with van der Waals surface area (Å²) in [6.07, 6.45) is 0. The molecule has 2 rings (SSSR count). The summed E-state index contributed by atoms with van der Waals surface area (Å²) in [7, 11) is 0. The Morgan fingerprint density at radius 3 is 2.71 bits per heavy atom. The molecule has 0 radical (unpaired) electrons. The number of nitrogens with zero attached hydrogens (tertiary/aromatic N) is 2. The van der Waals surface area contributed by atoms with E-state index in [2.05, 4.69) is 0 Å². The molecular formula is C11H11ClN2O3. The van der Waals surface area contributed by atoms with Gasteiger partial charge < -0.3 is 5.11 Å². The number of likely N-dealkylation sites (N-methyl/N-ethyl adjacent to an activating group) is 1. The zero-order chi connectivity index (χ0) is 12.6. The van der Waals surface area contributed by atoms with Crippen molar-refractivity contribution in [3.63, 3.8) is 0 Å². The Kier molecular flexibility index (Phi) is 2.93. The predicted molar refractivity (Wildman–Crippen MR) is 63.2 cm³/mol. The number of carbonyl (C=O) groups excluding carboxylic acids is 2. The van der Waals surface area contributed by atoms with E-state index in [1.165, 1.54) is 23.1 Å². The monoisotopic (exact) mass is 254 g/mol. The maximum absolute atomic E-state index is 11.9. The molecule has 6 heteroatoms. The molecule has 0 saturated carbocycles. The van der Waals surface area contributed by atoms with Crippen molar-refractivity contribution >= 4 is 29.2 Å². The van der Waals surface area contributed by atoms with Crippen LogP contribution in [0.25, 0.3) is 0 Å². The maximum Gasteiger partial charge on any atom is 0.331 e. The lowest BCUT2D eigenvalue weighted by atomic mass is 10.2. The molecule has 0 unspecified atom stereocenters. The van der Waals surface area contributed by atoms with Crippen molar-refractivity contribution in [3.05, 3.63) is 23.2 Å². The Bertz CT molecular complexity index is 490. The first-order valence-corrected chi connectivity index (χ1v) is 5.52. The van der Waals surface area contributed by atoms with Crippen LogP contribution < -0.4 is 4.90 Å². The summed E-state index contributed by atoms with van der Waals surface area (Å²) in [6, 6.07) is 3.93. The van der Waals surface area contributed by atoms with Crippen molar-refractivity contribution in [2.45, 2.75) is 6.92 Å². The molecule has 1 fully saturated rings. The summed E-state index contributed by atoms with van der Waals surface area (Å²) in [4.78, 5) is 25.8. The first kappa shape index (κ1) is 11.7. The van der Waals surface area contributed by atoms with Crippen LogP contribution in [0.3, 0.4) is 0 Å². The molecule has 1 aliphatic heterocycles. The number of aromatic hydroxyl groups is 1. The van der Waals surface area contributed by atoms with Crippen molar-refractivity contribution in [3.8, 4) is 5.75 Å². The second-order valence-corrected chi connectivity index (χ2v) is 4.08. The topological polar surface area (TPSA) is 60.9 Å². The van der Waals surface area contributed by atoms with Gasteiger partial charge in [-0.05, 0) is 25.1 Å². The maximum atomic E-state index is 11.9. The average molecular weight is 255 g/mol. The van der Waals surface area contributed by atoms with Gasteiger partial charge in [-0.1, -0.05) is 11.6 Å². The third kappa shape index (κ3) is 1.93. The number of halogens is 1. The average Bonchev–Trinajstić information content (AvgIpc) is 2.57. The molecule has 0 aromatic heterocycles. The molecule has 1 aliphatic rings. The van der Waals surface area contributed by atoms with Crippen LogP contribution in [0.5, 0.6) is 5.75 Å². The number of imide groups is 1. The van der Waals surface area contributed by atoms with Crippen LogP contribution in [0.4, 0.5) is 10.5 Å². The van der Waals surface area contributed by atoms with E-state index >= 15 is 0 Å². The molecule has 17 heavy (non-hydrogen) atoms. The van der Waals surface area contributed by atoms with Gasteiger partial charge in [0.15, 0.2) is 0 Å². The number of phenolic OH excluding ortho intramolecular Hbond substituents is 1. The first-order valence-electron chi connectivity index (χ1n) is 5.15. The van der Waals surface area contributed by atoms with E-state index in [4.69, 9.17) is 11.6 Å². The van der Waals surface area contributed by atoms with Crippen molar-refractivity contribution in [2.24, 2.45) is 0 Å². The standard InChI is InChI=1S/C11H11ClN2O3/c1-2-13-10(16)6-14(11(13)17)8-5-7(12)3-4-9(8)15/h3-5,15H,2,6H2,1H3. The Labute approximate surface area is 103 Å². The van der Waals surface area contributed by atoms with E-state index in [0.29, 0.717) is 11.6 Å². The van der Waals surface area contributed by atoms with Crippen molar-refractivity contribution < 1.29 is 14.7 Å². The van der Waals surface area contributed by atoms with Gasteiger partial charge in [-0.2, -0.15) is 0 Å². The van der Waals surface area contributed by atoms with Crippen LogP contribution >= 0.6 is 11.6 Å². The summed E-state index contributed by atoms with van der Waals surface area (Å²) in [5.41, 5.74) is 0.256. The fourth-order valence-corrected chi connectivity index (χ4v) is 1.92. The first-order chi connectivity index (χ1) is 8.04. The van der Waals surface area contributed by atoms with Crippen LogP contribution in [0.15, 0.2) is 18.2 Å². The van der Waals surface area contributed by atoms with E-state index in [1.54, 1.807) is 6.92 Å². The number of hydrogen-bond donors (Lipinski definition) is 1. The Hall–Kier alpha value is -1.75. The number of carbonyl (C=O) groups is 2. The highest BCUT2D eigenvalue weighted by atomic mass is 35.5. The lowest BCUT2D eigenvalue weighted by Gasteiger charge is -2.17. The minimum absolute atomic E-state index is 0.0689. The van der Waals surface area contributed by atoms with Gasteiger partial charge in [-0.3, -0.25) is 14.6 Å². The minimum atomic E-state index is -0.435. The van der Waals surface area contributed by atoms with E-state index in [-0.39, 0.29) is 23.9 Å². The fourth-order valence-electron chi connectivity index (χ4n) is 1.75. The molecule has 1 saturated heterocycles. The molecule has 3 amide bonds. The van der Waals surface area contributed by atoms with E-state index in [9.17, 15) is 14.7 Å². The van der Waals surface area contributed by atoms with Crippen LogP contribution in [0.2, 0.25) is 5.02 Å². The number of benzene rings is 1. The molecule has 0 bridgehead atoms. The van der Waals surface area contributed by atoms with Crippen molar-refractivity contribution in [1.29, 1.82) is 0 Å². The number of hydrogen-bond acceptors (Lipinski definition) is 3. The van der Waals surface area contributed by atoms with Gasteiger partial charge >= 0.3 is 6.03 Å². The lowest BCUT2D eigenvalue weighted by molar-refractivity contribution is -0.124. The van der Waals surface area contributed by atoms with Crippen LogP contribution in [-0.2, 0) is 4.79 Å². The molecule has 90 valence electrons. The smallest absolute Gasteiger partial charge is 0.331 e. The number of phenols is 1. The third-order valence-corrected chi connectivity index (χ3v) is 2.84. The quantitative estimate of drug-likeness (QED) is 0.819. The summed E-state index contributed by atoms with van der Waals surface area (Å²) in [5, 5.41) is 10.1.